The minimum absolute atomic E-state index is 0.0729. The van der Waals surface area contributed by atoms with Crippen LogP contribution in [0.25, 0.3) is 6.08 Å². The third kappa shape index (κ3) is 8.40. The molecule has 0 spiro atoms. The van der Waals surface area contributed by atoms with Gasteiger partial charge in [0.15, 0.2) is 8.32 Å². The average Bonchev–Trinajstić information content (AvgIpc) is 3.50. The van der Waals surface area contributed by atoms with E-state index < -0.39 is 8.32 Å². The van der Waals surface area contributed by atoms with Crippen LogP contribution in [0.15, 0.2) is 47.4 Å². The SMILES string of the molecule is CCCCc1nc(CO[Si](C)(C)C(C)(C)C)c(/C=C(\Cc2cccs2)C(=O)OCC)n1Cc1ccccc1Cl. The summed E-state index contributed by atoms with van der Waals surface area (Å²) in [7, 11) is -2.03. The van der Waals surface area contributed by atoms with E-state index >= 15 is 0 Å². The quantitative estimate of drug-likeness (QED) is 0.114. The third-order valence-corrected chi connectivity index (χ3v) is 13.1. The zero-order valence-electron chi connectivity index (χ0n) is 24.5. The summed E-state index contributed by atoms with van der Waals surface area (Å²) >= 11 is 8.25. The topological polar surface area (TPSA) is 53.4 Å². The van der Waals surface area contributed by atoms with Crippen LogP contribution in [0.3, 0.4) is 0 Å². The van der Waals surface area contributed by atoms with Crippen molar-refractivity contribution in [1.82, 2.24) is 9.55 Å². The first kappa shape index (κ1) is 31.3. The number of carbonyl (C=O) groups is 1. The van der Waals surface area contributed by atoms with Crippen molar-refractivity contribution in [3.05, 3.63) is 80.0 Å². The van der Waals surface area contributed by atoms with Gasteiger partial charge in [-0.3, -0.25) is 0 Å². The number of imidazole rings is 1. The highest BCUT2D eigenvalue weighted by molar-refractivity contribution is 7.09. The Morgan fingerprint density at radius 1 is 1.15 bits per heavy atom. The van der Waals surface area contributed by atoms with E-state index in [0.29, 0.717) is 36.8 Å². The number of hydrogen-bond acceptors (Lipinski definition) is 5. The van der Waals surface area contributed by atoms with Crippen molar-refractivity contribution < 1.29 is 14.0 Å². The predicted molar refractivity (Wildman–Crippen MR) is 166 cm³/mol. The minimum Gasteiger partial charge on any atom is -0.463 e. The van der Waals surface area contributed by atoms with E-state index in [9.17, 15) is 4.79 Å². The lowest BCUT2D eigenvalue weighted by molar-refractivity contribution is -0.138. The molecule has 212 valence electrons. The Kier molecular flexibility index (Phi) is 11.2. The lowest BCUT2D eigenvalue weighted by Gasteiger charge is -2.36. The van der Waals surface area contributed by atoms with Crippen molar-refractivity contribution in [2.24, 2.45) is 0 Å². The van der Waals surface area contributed by atoms with Crippen molar-refractivity contribution in [2.45, 2.75) is 91.6 Å². The number of benzene rings is 1. The number of ether oxygens (including phenoxy) is 1. The maximum absolute atomic E-state index is 13.2. The van der Waals surface area contributed by atoms with Crippen LogP contribution >= 0.6 is 22.9 Å². The molecular formula is C31H43ClN2O3SSi. The summed E-state index contributed by atoms with van der Waals surface area (Å²) in [5.74, 6) is 0.680. The van der Waals surface area contributed by atoms with Crippen molar-refractivity contribution in [1.29, 1.82) is 0 Å². The first-order valence-corrected chi connectivity index (χ1v) is 18.0. The number of unbranched alkanes of at least 4 members (excludes halogenated alkanes) is 1. The number of aromatic nitrogens is 2. The summed E-state index contributed by atoms with van der Waals surface area (Å²) in [6.45, 7) is 16.5. The van der Waals surface area contributed by atoms with E-state index in [2.05, 4.69) is 45.4 Å². The zero-order valence-corrected chi connectivity index (χ0v) is 27.0. The highest BCUT2D eigenvalue weighted by Gasteiger charge is 2.37. The molecule has 0 aliphatic heterocycles. The molecule has 3 rings (SSSR count). The van der Waals surface area contributed by atoms with E-state index in [1.807, 2.05) is 54.8 Å². The normalized spacial score (nSPS) is 12.7. The number of hydrogen-bond donors (Lipinski definition) is 0. The van der Waals surface area contributed by atoms with Crippen LogP contribution in [0.1, 0.15) is 75.1 Å². The zero-order chi connectivity index (χ0) is 28.6. The molecule has 3 aromatic rings. The van der Waals surface area contributed by atoms with Crippen molar-refractivity contribution in [3.63, 3.8) is 0 Å². The van der Waals surface area contributed by atoms with E-state index in [-0.39, 0.29) is 11.0 Å². The maximum atomic E-state index is 13.2. The second kappa shape index (κ2) is 13.9. The molecule has 0 atom stereocenters. The van der Waals surface area contributed by atoms with Crippen molar-refractivity contribution in [3.8, 4) is 0 Å². The molecule has 0 aliphatic rings. The number of rotatable bonds is 13. The predicted octanol–water partition coefficient (Wildman–Crippen LogP) is 8.70. The summed E-state index contributed by atoms with van der Waals surface area (Å²) in [5, 5.41) is 2.82. The van der Waals surface area contributed by atoms with Gasteiger partial charge in [-0.2, -0.15) is 0 Å². The fraction of sp³-hybridized carbons (Fsp3) is 0.484. The largest absolute Gasteiger partial charge is 0.463 e. The molecule has 0 aliphatic carbocycles. The van der Waals surface area contributed by atoms with Gasteiger partial charge in [-0.05, 0) is 60.6 Å². The lowest BCUT2D eigenvalue weighted by atomic mass is 10.1. The average molecular weight is 587 g/mol. The number of nitrogens with zero attached hydrogens (tertiary/aromatic N) is 2. The van der Waals surface area contributed by atoms with E-state index in [1.165, 1.54) is 0 Å². The summed E-state index contributed by atoms with van der Waals surface area (Å²) in [4.78, 5) is 19.4. The van der Waals surface area contributed by atoms with Gasteiger partial charge in [0.05, 0.1) is 31.1 Å². The molecule has 39 heavy (non-hydrogen) atoms. The van der Waals surface area contributed by atoms with Crippen LogP contribution in [0.2, 0.25) is 23.2 Å². The van der Waals surface area contributed by atoms with E-state index in [1.54, 1.807) is 11.3 Å². The highest BCUT2D eigenvalue weighted by atomic mass is 35.5. The Balaban J connectivity index is 2.18. The highest BCUT2D eigenvalue weighted by Crippen LogP contribution is 2.37. The molecule has 5 nitrogen and oxygen atoms in total. The molecule has 2 heterocycles. The molecule has 0 amide bonds. The van der Waals surface area contributed by atoms with Crippen LogP contribution in [-0.2, 0) is 40.0 Å². The van der Waals surface area contributed by atoms with Crippen LogP contribution in [0.4, 0.5) is 0 Å². The fourth-order valence-corrected chi connectivity index (χ4v) is 5.83. The second-order valence-corrected chi connectivity index (χ2v) is 17.6. The van der Waals surface area contributed by atoms with E-state index in [4.69, 9.17) is 25.7 Å². The molecular weight excluding hydrogens is 544 g/mol. The van der Waals surface area contributed by atoms with Crippen molar-refractivity contribution >= 4 is 43.3 Å². The molecule has 0 unspecified atom stereocenters. The standard InChI is InChI=1S/C31H43ClN2O3SSi/c1-8-10-17-29-33-27(22-37-39(6,7)31(3,4)5)28(34(29)21-23-14-11-12-16-26(23)32)20-24(30(35)36-9-2)19-25-15-13-18-38-25/h11-16,18,20H,8-10,17,19,21-22H2,1-7H3/b24-20+. The Hall–Kier alpha value is -2.19. The van der Waals surface area contributed by atoms with Gasteiger partial charge in [-0.15, -0.1) is 11.3 Å². The summed E-state index contributed by atoms with van der Waals surface area (Å²) < 4.78 is 14.4. The summed E-state index contributed by atoms with van der Waals surface area (Å²) in [5.41, 5.74) is 3.36. The molecule has 1 aromatic carbocycles. The van der Waals surface area contributed by atoms with Gasteiger partial charge >= 0.3 is 5.97 Å². The molecule has 2 aromatic heterocycles. The Bertz CT molecular complexity index is 1260. The van der Waals surface area contributed by atoms with Crippen molar-refractivity contribution in [2.75, 3.05) is 6.61 Å². The van der Waals surface area contributed by atoms with Gasteiger partial charge in [-0.1, -0.05) is 70.0 Å². The molecule has 0 fully saturated rings. The van der Waals surface area contributed by atoms with Crippen LogP contribution in [0, 0.1) is 0 Å². The van der Waals surface area contributed by atoms with Gasteiger partial charge in [-0.25, -0.2) is 9.78 Å². The molecule has 0 radical (unpaired) electrons. The number of esters is 1. The van der Waals surface area contributed by atoms with Gasteiger partial charge in [0, 0.05) is 28.3 Å². The smallest absolute Gasteiger partial charge is 0.334 e. The van der Waals surface area contributed by atoms with E-state index in [0.717, 1.165) is 46.9 Å². The molecule has 0 saturated heterocycles. The maximum Gasteiger partial charge on any atom is 0.334 e. The molecule has 0 bridgehead atoms. The van der Waals surface area contributed by atoms with Crippen LogP contribution in [-0.4, -0.2) is 30.4 Å². The monoisotopic (exact) mass is 586 g/mol. The fourth-order valence-electron chi connectivity index (χ4n) is 3.97. The van der Waals surface area contributed by atoms with Crippen LogP contribution < -0.4 is 0 Å². The Morgan fingerprint density at radius 2 is 1.90 bits per heavy atom. The van der Waals surface area contributed by atoms with Gasteiger partial charge < -0.3 is 13.7 Å². The second-order valence-electron chi connectivity index (χ2n) is 11.3. The summed E-state index contributed by atoms with van der Waals surface area (Å²) in [6.07, 6.45) is 5.39. The molecule has 0 saturated carbocycles. The van der Waals surface area contributed by atoms with Gasteiger partial charge in [0.2, 0.25) is 0 Å². The number of carbonyl (C=O) groups excluding carboxylic acids is 1. The summed E-state index contributed by atoms with van der Waals surface area (Å²) in [6, 6.07) is 12.0. The van der Waals surface area contributed by atoms with Gasteiger partial charge in [0.25, 0.3) is 0 Å². The first-order valence-electron chi connectivity index (χ1n) is 13.8. The number of aryl methyl sites for hydroxylation is 1. The number of halogens is 1. The van der Waals surface area contributed by atoms with Crippen LogP contribution in [0.5, 0.6) is 0 Å². The molecule has 0 N–H and O–H groups in total. The van der Waals surface area contributed by atoms with Gasteiger partial charge in [0.1, 0.15) is 5.82 Å². The lowest BCUT2D eigenvalue weighted by Crippen LogP contribution is -2.40. The third-order valence-electron chi connectivity index (χ3n) is 7.37. The number of thiophene rings is 1. The minimum atomic E-state index is -2.03. The Labute approximate surface area is 244 Å². The molecule has 8 heteroatoms. The Morgan fingerprint density at radius 3 is 2.51 bits per heavy atom. The first-order chi connectivity index (χ1) is 18.5.